The zero-order valence-electron chi connectivity index (χ0n) is 11.2. The molecule has 0 bridgehead atoms. The minimum absolute atomic E-state index is 0.245. The fourth-order valence-corrected chi connectivity index (χ4v) is 1.83. The number of fused-ring (bicyclic) bond motifs is 1. The van der Waals surface area contributed by atoms with Crippen molar-refractivity contribution in [3.05, 3.63) is 33.1 Å². The first kappa shape index (κ1) is 14.3. The Morgan fingerprint density at radius 2 is 2.00 bits per heavy atom. The summed E-state index contributed by atoms with van der Waals surface area (Å²) in [5, 5.41) is 2.09. The summed E-state index contributed by atoms with van der Waals surface area (Å²) < 4.78 is 2.26. The molecule has 0 fully saturated rings. The van der Waals surface area contributed by atoms with E-state index in [1.54, 1.807) is 0 Å². The summed E-state index contributed by atoms with van der Waals surface area (Å²) in [4.78, 5) is 39.4. The first-order valence-electron chi connectivity index (χ1n) is 5.83. The van der Waals surface area contributed by atoms with Crippen molar-refractivity contribution >= 4 is 34.2 Å². The number of aromatic nitrogens is 3. The number of aryl methyl sites for hydroxylation is 1. The molecule has 0 saturated heterocycles. The number of amides is 1. The fraction of sp³-hybridized carbons (Fsp3) is 0.333. The van der Waals surface area contributed by atoms with E-state index < -0.39 is 22.5 Å². The number of halogens is 1. The summed E-state index contributed by atoms with van der Waals surface area (Å²) in [6.07, 6.45) is 1.37. The molecule has 0 radical (unpaired) electrons. The van der Waals surface area contributed by atoms with E-state index in [1.807, 2.05) is 0 Å². The van der Waals surface area contributed by atoms with E-state index in [4.69, 9.17) is 11.6 Å². The number of pyridine rings is 1. The van der Waals surface area contributed by atoms with Crippen molar-refractivity contribution in [1.82, 2.24) is 14.1 Å². The third-order valence-electron chi connectivity index (χ3n) is 2.92. The molecule has 1 unspecified atom stereocenters. The zero-order chi connectivity index (χ0) is 15.0. The third-order valence-corrected chi connectivity index (χ3v) is 3.12. The van der Waals surface area contributed by atoms with E-state index in [9.17, 15) is 14.4 Å². The van der Waals surface area contributed by atoms with Gasteiger partial charge in [0.1, 0.15) is 11.0 Å². The van der Waals surface area contributed by atoms with E-state index in [0.29, 0.717) is 5.69 Å². The van der Waals surface area contributed by atoms with Gasteiger partial charge in [-0.1, -0.05) is 0 Å². The van der Waals surface area contributed by atoms with Gasteiger partial charge in [-0.2, -0.15) is 0 Å². The number of alkyl halides is 1. The maximum atomic E-state index is 12.0. The number of anilines is 1. The molecule has 8 heteroatoms. The van der Waals surface area contributed by atoms with Crippen LogP contribution in [0.4, 0.5) is 5.69 Å². The second kappa shape index (κ2) is 5.09. The minimum atomic E-state index is -0.700. The van der Waals surface area contributed by atoms with E-state index in [-0.39, 0.29) is 11.0 Å². The maximum Gasteiger partial charge on any atom is 0.332 e. The highest BCUT2D eigenvalue weighted by Gasteiger charge is 2.13. The summed E-state index contributed by atoms with van der Waals surface area (Å²) in [5.74, 6) is -0.394. The second-order valence-electron chi connectivity index (χ2n) is 4.41. The van der Waals surface area contributed by atoms with Crippen LogP contribution in [0.25, 0.3) is 11.0 Å². The monoisotopic (exact) mass is 296 g/mol. The Hall–Kier alpha value is -2.15. The Morgan fingerprint density at radius 1 is 1.35 bits per heavy atom. The summed E-state index contributed by atoms with van der Waals surface area (Å²) in [6.45, 7) is 1.54. The van der Waals surface area contributed by atoms with E-state index >= 15 is 0 Å². The smallest absolute Gasteiger partial charge is 0.323 e. The molecule has 1 N–H and O–H groups in total. The van der Waals surface area contributed by atoms with Gasteiger partial charge in [-0.3, -0.25) is 18.7 Å². The van der Waals surface area contributed by atoms with Crippen LogP contribution < -0.4 is 16.6 Å². The SMILES string of the molecule is CC(Cl)C(=O)Nc1cnc2c(c1)c(=O)n(C)c(=O)n2C. The van der Waals surface area contributed by atoms with Crippen molar-refractivity contribution in [2.24, 2.45) is 14.1 Å². The molecule has 20 heavy (non-hydrogen) atoms. The van der Waals surface area contributed by atoms with Gasteiger partial charge in [-0.15, -0.1) is 11.6 Å². The van der Waals surface area contributed by atoms with E-state index in [0.717, 1.165) is 4.57 Å². The third kappa shape index (κ3) is 2.32. The lowest BCUT2D eigenvalue weighted by Gasteiger charge is -2.09. The van der Waals surface area contributed by atoms with E-state index in [1.165, 1.54) is 37.8 Å². The summed E-state index contributed by atoms with van der Waals surface area (Å²) in [6, 6.07) is 1.47. The van der Waals surface area contributed by atoms with Crippen LogP contribution in [0.3, 0.4) is 0 Å². The molecule has 1 amide bonds. The van der Waals surface area contributed by atoms with Gasteiger partial charge in [0, 0.05) is 14.1 Å². The number of hydrogen-bond acceptors (Lipinski definition) is 4. The van der Waals surface area contributed by atoms with Gasteiger partial charge in [0.25, 0.3) is 5.56 Å². The molecule has 0 aliphatic rings. The van der Waals surface area contributed by atoms with Crippen LogP contribution >= 0.6 is 11.6 Å². The summed E-state index contributed by atoms with van der Waals surface area (Å²) in [5.41, 5.74) is -0.312. The highest BCUT2D eigenvalue weighted by molar-refractivity contribution is 6.32. The predicted molar refractivity (Wildman–Crippen MR) is 76.2 cm³/mol. The molecule has 106 valence electrons. The number of carbonyl (C=O) groups is 1. The highest BCUT2D eigenvalue weighted by Crippen LogP contribution is 2.12. The average Bonchev–Trinajstić information content (AvgIpc) is 2.42. The Bertz CT molecular complexity index is 807. The Balaban J connectivity index is 2.64. The van der Waals surface area contributed by atoms with Crippen LogP contribution in [0.2, 0.25) is 0 Å². The van der Waals surface area contributed by atoms with Gasteiger partial charge in [0.15, 0.2) is 0 Å². The van der Waals surface area contributed by atoms with Crippen molar-refractivity contribution in [3.8, 4) is 0 Å². The van der Waals surface area contributed by atoms with Gasteiger partial charge < -0.3 is 5.32 Å². The molecular formula is C12H13ClN4O3. The van der Waals surface area contributed by atoms with Crippen LogP contribution in [-0.2, 0) is 18.9 Å². The molecule has 2 aromatic heterocycles. The molecule has 7 nitrogen and oxygen atoms in total. The van der Waals surface area contributed by atoms with Crippen LogP contribution in [0.15, 0.2) is 21.9 Å². The predicted octanol–water partition coefficient (Wildman–Crippen LogP) is 0.198. The minimum Gasteiger partial charge on any atom is -0.323 e. The van der Waals surface area contributed by atoms with Crippen LogP contribution in [0.1, 0.15) is 6.92 Å². The molecule has 0 saturated carbocycles. The van der Waals surface area contributed by atoms with Crippen molar-refractivity contribution in [2.45, 2.75) is 12.3 Å². The van der Waals surface area contributed by atoms with Crippen molar-refractivity contribution in [3.63, 3.8) is 0 Å². The number of hydrogen-bond donors (Lipinski definition) is 1. The standard InChI is InChI=1S/C12H13ClN4O3/c1-6(13)10(18)15-7-4-8-9(14-5-7)16(2)12(20)17(3)11(8)19/h4-6H,1-3H3,(H,15,18). The lowest BCUT2D eigenvalue weighted by atomic mass is 10.3. The largest absolute Gasteiger partial charge is 0.332 e. The maximum absolute atomic E-state index is 12.0. The zero-order valence-corrected chi connectivity index (χ0v) is 11.9. The van der Waals surface area contributed by atoms with Crippen molar-refractivity contribution < 1.29 is 4.79 Å². The summed E-state index contributed by atoms with van der Waals surface area (Å²) >= 11 is 5.66. The van der Waals surface area contributed by atoms with Crippen molar-refractivity contribution in [2.75, 3.05) is 5.32 Å². The number of nitrogens with zero attached hydrogens (tertiary/aromatic N) is 3. The molecule has 2 rings (SSSR count). The highest BCUT2D eigenvalue weighted by atomic mass is 35.5. The molecule has 0 aromatic carbocycles. The summed E-state index contributed by atoms with van der Waals surface area (Å²) in [7, 11) is 2.91. The van der Waals surface area contributed by atoms with Crippen LogP contribution in [-0.4, -0.2) is 25.4 Å². The Morgan fingerprint density at radius 3 is 2.60 bits per heavy atom. The molecule has 0 aliphatic carbocycles. The van der Waals surface area contributed by atoms with Gasteiger partial charge in [0.2, 0.25) is 5.91 Å². The normalized spacial score (nSPS) is 12.4. The Kier molecular flexibility index (Phi) is 3.63. The van der Waals surface area contributed by atoms with Crippen LogP contribution in [0.5, 0.6) is 0 Å². The number of rotatable bonds is 2. The first-order valence-corrected chi connectivity index (χ1v) is 6.27. The first-order chi connectivity index (χ1) is 9.32. The quantitative estimate of drug-likeness (QED) is 0.802. The molecule has 0 aliphatic heterocycles. The topological polar surface area (TPSA) is 86.0 Å². The van der Waals surface area contributed by atoms with Crippen molar-refractivity contribution in [1.29, 1.82) is 0 Å². The Labute approximate surface area is 118 Å². The van der Waals surface area contributed by atoms with Gasteiger partial charge in [-0.25, -0.2) is 9.78 Å². The van der Waals surface area contributed by atoms with Crippen LogP contribution in [0, 0.1) is 0 Å². The van der Waals surface area contributed by atoms with Gasteiger partial charge in [-0.05, 0) is 13.0 Å². The second-order valence-corrected chi connectivity index (χ2v) is 5.06. The lowest BCUT2D eigenvalue weighted by Crippen LogP contribution is -2.37. The van der Waals surface area contributed by atoms with E-state index in [2.05, 4.69) is 10.3 Å². The number of carbonyl (C=O) groups excluding carboxylic acids is 1. The molecule has 2 aromatic rings. The molecular weight excluding hydrogens is 284 g/mol. The molecule has 1 atom stereocenters. The fourth-order valence-electron chi connectivity index (χ4n) is 1.78. The number of nitrogens with one attached hydrogen (secondary N) is 1. The molecule has 2 heterocycles. The molecule has 0 spiro atoms. The van der Waals surface area contributed by atoms with Gasteiger partial charge >= 0.3 is 5.69 Å². The lowest BCUT2D eigenvalue weighted by molar-refractivity contribution is -0.115. The average molecular weight is 297 g/mol. The van der Waals surface area contributed by atoms with Gasteiger partial charge in [0.05, 0.1) is 17.3 Å².